The molecule has 0 radical (unpaired) electrons. The number of rotatable bonds is 1. The normalized spacial score (nSPS) is 29.4. The van der Waals surface area contributed by atoms with Crippen molar-refractivity contribution in [2.45, 2.75) is 46.3 Å². The Bertz CT molecular complexity index is 526. The Morgan fingerprint density at radius 1 is 1.20 bits per heavy atom. The Morgan fingerprint density at radius 3 is 2.75 bits per heavy atom. The molecule has 2 heterocycles. The summed E-state index contributed by atoms with van der Waals surface area (Å²) in [4.78, 5) is 14.9. The van der Waals surface area contributed by atoms with E-state index in [0.29, 0.717) is 17.9 Å². The van der Waals surface area contributed by atoms with Crippen LogP contribution in [0.2, 0.25) is 0 Å². The van der Waals surface area contributed by atoms with Gasteiger partial charge in [-0.3, -0.25) is 4.79 Å². The monoisotopic (exact) mass is 272 g/mol. The van der Waals surface area contributed by atoms with Crippen LogP contribution in [0.15, 0.2) is 18.2 Å². The number of nitrogens with zero attached hydrogens (tertiary/aromatic N) is 1. The first kappa shape index (κ1) is 13.6. The lowest BCUT2D eigenvalue weighted by molar-refractivity contribution is 0.0455. The van der Waals surface area contributed by atoms with Crippen LogP contribution in [0.3, 0.4) is 0 Å². The summed E-state index contributed by atoms with van der Waals surface area (Å²) in [5, 5.41) is 3.33. The maximum atomic E-state index is 12.8. The fraction of sp³-hybridized carbons (Fsp3) is 0.588. The van der Waals surface area contributed by atoms with Gasteiger partial charge in [-0.25, -0.2) is 0 Å². The fourth-order valence-electron chi connectivity index (χ4n) is 3.58. The van der Waals surface area contributed by atoms with Crippen LogP contribution in [-0.4, -0.2) is 23.4 Å². The molecule has 1 aromatic carbocycles. The molecule has 108 valence electrons. The fourth-order valence-corrected chi connectivity index (χ4v) is 3.58. The van der Waals surface area contributed by atoms with Crippen molar-refractivity contribution in [1.82, 2.24) is 10.2 Å². The molecule has 2 aliphatic rings. The molecule has 0 aromatic heterocycles. The van der Waals surface area contributed by atoms with Crippen LogP contribution in [0.4, 0.5) is 0 Å². The number of likely N-dealkylation sites (tertiary alicyclic amines) is 1. The van der Waals surface area contributed by atoms with E-state index in [2.05, 4.69) is 43.1 Å². The lowest BCUT2D eigenvalue weighted by atomic mass is 9.85. The zero-order chi connectivity index (χ0) is 14.3. The van der Waals surface area contributed by atoms with Crippen molar-refractivity contribution in [3.05, 3.63) is 34.9 Å². The highest BCUT2D eigenvalue weighted by Gasteiger charge is 2.32. The number of hydrogen-bond acceptors (Lipinski definition) is 2. The van der Waals surface area contributed by atoms with Gasteiger partial charge in [-0.15, -0.1) is 0 Å². The summed E-state index contributed by atoms with van der Waals surface area (Å²) >= 11 is 0. The minimum atomic E-state index is 0.200. The highest BCUT2D eigenvalue weighted by atomic mass is 16.2. The van der Waals surface area contributed by atoms with E-state index in [1.54, 1.807) is 0 Å². The smallest absolute Gasteiger partial charge is 0.254 e. The first-order valence-electron chi connectivity index (χ1n) is 7.69. The molecule has 3 nitrogen and oxygen atoms in total. The predicted molar refractivity (Wildman–Crippen MR) is 80.4 cm³/mol. The summed E-state index contributed by atoms with van der Waals surface area (Å²) in [6.07, 6.45) is 1.22. The molecule has 0 spiro atoms. The molecule has 0 saturated carbocycles. The van der Waals surface area contributed by atoms with Gasteiger partial charge in [0.15, 0.2) is 0 Å². The van der Waals surface area contributed by atoms with Crippen molar-refractivity contribution in [2.24, 2.45) is 11.8 Å². The Morgan fingerprint density at radius 2 is 1.95 bits per heavy atom. The first-order chi connectivity index (χ1) is 9.56. The summed E-state index contributed by atoms with van der Waals surface area (Å²) in [5.41, 5.74) is 3.46. The van der Waals surface area contributed by atoms with Gasteiger partial charge in [-0.05, 0) is 48.4 Å². The van der Waals surface area contributed by atoms with E-state index in [9.17, 15) is 4.79 Å². The van der Waals surface area contributed by atoms with Crippen molar-refractivity contribution in [3.63, 3.8) is 0 Å². The highest BCUT2D eigenvalue weighted by Crippen LogP contribution is 2.28. The van der Waals surface area contributed by atoms with E-state index in [0.717, 1.165) is 25.2 Å². The van der Waals surface area contributed by atoms with Gasteiger partial charge in [0.2, 0.25) is 0 Å². The third kappa shape index (κ3) is 2.35. The van der Waals surface area contributed by atoms with Gasteiger partial charge in [0.05, 0.1) is 0 Å². The van der Waals surface area contributed by atoms with E-state index in [-0.39, 0.29) is 5.91 Å². The number of nitrogens with one attached hydrogen (secondary N) is 1. The molecule has 1 aromatic rings. The lowest BCUT2D eigenvalue weighted by Gasteiger charge is -2.41. The van der Waals surface area contributed by atoms with Crippen molar-refractivity contribution in [3.8, 4) is 0 Å². The Hall–Kier alpha value is -1.35. The zero-order valence-corrected chi connectivity index (χ0v) is 12.6. The van der Waals surface area contributed by atoms with Crippen LogP contribution in [0.1, 0.15) is 48.7 Å². The Kier molecular flexibility index (Phi) is 3.55. The third-order valence-electron chi connectivity index (χ3n) is 4.94. The molecule has 3 rings (SSSR count). The zero-order valence-electron chi connectivity index (χ0n) is 12.6. The van der Waals surface area contributed by atoms with Crippen LogP contribution in [-0.2, 0) is 13.1 Å². The lowest BCUT2D eigenvalue weighted by Crippen LogP contribution is -2.48. The van der Waals surface area contributed by atoms with Gasteiger partial charge in [-0.1, -0.05) is 19.9 Å². The van der Waals surface area contributed by atoms with E-state index in [4.69, 9.17) is 0 Å². The number of carbonyl (C=O) groups is 1. The minimum absolute atomic E-state index is 0.200. The van der Waals surface area contributed by atoms with Gasteiger partial charge in [0.25, 0.3) is 5.91 Å². The molecule has 3 unspecified atom stereocenters. The number of piperidine rings is 1. The largest absolute Gasteiger partial charge is 0.335 e. The maximum absolute atomic E-state index is 12.8. The SMILES string of the molecule is CC1CC(C)C(C)N(C(=O)c2ccc3c(c2)CNC3)C1. The summed E-state index contributed by atoms with van der Waals surface area (Å²) < 4.78 is 0. The van der Waals surface area contributed by atoms with Crippen molar-refractivity contribution >= 4 is 5.91 Å². The van der Waals surface area contributed by atoms with Crippen LogP contribution >= 0.6 is 0 Å². The van der Waals surface area contributed by atoms with E-state index in [1.165, 1.54) is 17.5 Å². The van der Waals surface area contributed by atoms with Gasteiger partial charge in [0, 0.05) is 31.2 Å². The number of hydrogen-bond donors (Lipinski definition) is 1. The topological polar surface area (TPSA) is 32.3 Å². The van der Waals surface area contributed by atoms with Crippen LogP contribution in [0.5, 0.6) is 0 Å². The minimum Gasteiger partial charge on any atom is -0.335 e. The molecule has 1 saturated heterocycles. The van der Waals surface area contributed by atoms with E-state index >= 15 is 0 Å². The average molecular weight is 272 g/mol. The molecule has 1 amide bonds. The Balaban J connectivity index is 1.84. The average Bonchev–Trinajstić information content (AvgIpc) is 2.89. The van der Waals surface area contributed by atoms with E-state index in [1.807, 2.05) is 6.07 Å². The molecule has 1 fully saturated rings. The molecule has 3 atom stereocenters. The van der Waals surface area contributed by atoms with Crippen LogP contribution < -0.4 is 5.32 Å². The summed E-state index contributed by atoms with van der Waals surface area (Å²) in [7, 11) is 0. The summed E-state index contributed by atoms with van der Waals surface area (Å²) in [6, 6.07) is 6.51. The predicted octanol–water partition coefficient (Wildman–Crippen LogP) is 2.80. The van der Waals surface area contributed by atoms with Gasteiger partial charge in [-0.2, -0.15) is 0 Å². The van der Waals surface area contributed by atoms with Crippen molar-refractivity contribution in [1.29, 1.82) is 0 Å². The third-order valence-corrected chi connectivity index (χ3v) is 4.94. The van der Waals surface area contributed by atoms with Gasteiger partial charge >= 0.3 is 0 Å². The number of benzene rings is 1. The molecule has 3 heteroatoms. The number of carbonyl (C=O) groups excluding carboxylic acids is 1. The standard InChI is InChI=1S/C17H24N2O/c1-11-6-12(2)13(3)19(10-11)17(20)14-4-5-15-8-18-9-16(15)7-14/h4-5,7,11-13,18H,6,8-10H2,1-3H3. The molecule has 1 N–H and O–H groups in total. The maximum Gasteiger partial charge on any atom is 0.254 e. The first-order valence-corrected chi connectivity index (χ1v) is 7.69. The van der Waals surface area contributed by atoms with Gasteiger partial charge in [0.1, 0.15) is 0 Å². The quantitative estimate of drug-likeness (QED) is 0.852. The molecular formula is C17H24N2O. The molecule has 20 heavy (non-hydrogen) atoms. The molecular weight excluding hydrogens is 248 g/mol. The van der Waals surface area contributed by atoms with Gasteiger partial charge < -0.3 is 10.2 Å². The second kappa shape index (κ2) is 5.21. The molecule has 0 aliphatic carbocycles. The second-order valence-corrected chi connectivity index (χ2v) is 6.60. The summed E-state index contributed by atoms with van der Waals surface area (Å²) in [6.45, 7) is 9.39. The number of amides is 1. The number of fused-ring (bicyclic) bond motifs is 1. The van der Waals surface area contributed by atoms with Crippen molar-refractivity contribution < 1.29 is 4.79 Å². The summed E-state index contributed by atoms with van der Waals surface area (Å²) in [5.74, 6) is 1.38. The second-order valence-electron chi connectivity index (χ2n) is 6.60. The van der Waals surface area contributed by atoms with Crippen LogP contribution in [0, 0.1) is 11.8 Å². The molecule has 0 bridgehead atoms. The van der Waals surface area contributed by atoms with Crippen LogP contribution in [0.25, 0.3) is 0 Å². The van der Waals surface area contributed by atoms with Crippen molar-refractivity contribution in [2.75, 3.05) is 6.54 Å². The van der Waals surface area contributed by atoms with E-state index < -0.39 is 0 Å². The Labute approximate surface area is 121 Å². The highest BCUT2D eigenvalue weighted by molar-refractivity contribution is 5.94. The molecule has 2 aliphatic heterocycles.